The van der Waals surface area contributed by atoms with Gasteiger partial charge in [0, 0.05) is 30.9 Å². The summed E-state index contributed by atoms with van der Waals surface area (Å²) in [4.78, 5) is 25.8. The second kappa shape index (κ2) is 8.35. The molecule has 7 heteroatoms. The predicted octanol–water partition coefficient (Wildman–Crippen LogP) is 2.88. The van der Waals surface area contributed by atoms with E-state index in [4.69, 9.17) is 0 Å². The van der Waals surface area contributed by atoms with Crippen LogP contribution in [0.4, 0.5) is 10.5 Å². The Morgan fingerprint density at radius 1 is 1.19 bits per heavy atom. The largest absolute Gasteiger partial charge is 0.332 e. The number of rotatable bonds is 6. The molecule has 0 spiro atoms. The number of nitrogens with one attached hydrogen (secondary N) is 2. The summed E-state index contributed by atoms with van der Waals surface area (Å²) in [7, 11) is 0. The second-order valence-electron chi connectivity index (χ2n) is 7.42. The van der Waals surface area contributed by atoms with Crippen molar-refractivity contribution in [3.05, 3.63) is 47.3 Å². The number of hydrogen-bond donors (Lipinski definition) is 2. The topological polar surface area (TPSA) is 79.3 Å². The normalized spacial score (nSPS) is 14.1. The number of urea groups is 1. The molecule has 0 unspecified atom stereocenters. The van der Waals surface area contributed by atoms with Crippen molar-refractivity contribution in [1.82, 2.24) is 20.0 Å². The molecule has 0 aliphatic carbocycles. The number of aromatic nitrogens is 2. The first kappa shape index (κ1) is 19.1. The number of nitrogens with zero attached hydrogens (tertiary/aromatic N) is 3. The highest BCUT2D eigenvalue weighted by molar-refractivity contribution is 5.95. The van der Waals surface area contributed by atoms with E-state index < -0.39 is 0 Å². The van der Waals surface area contributed by atoms with Crippen LogP contribution >= 0.6 is 0 Å². The lowest BCUT2D eigenvalue weighted by Crippen LogP contribution is -2.36. The Morgan fingerprint density at radius 3 is 2.59 bits per heavy atom. The smallest absolute Gasteiger partial charge is 0.319 e. The maximum Gasteiger partial charge on any atom is 0.319 e. The van der Waals surface area contributed by atoms with Crippen molar-refractivity contribution >= 4 is 17.5 Å². The molecule has 2 amide bonds. The Hall–Kier alpha value is -2.67. The van der Waals surface area contributed by atoms with Crippen LogP contribution in [0, 0.1) is 5.92 Å². The minimum atomic E-state index is -0.294. The highest BCUT2D eigenvalue weighted by Gasteiger charge is 2.19. The number of anilines is 1. The molecule has 1 aliphatic rings. The number of benzene rings is 1. The summed E-state index contributed by atoms with van der Waals surface area (Å²) < 4.78 is 2.03. The maximum absolute atomic E-state index is 12.1. The van der Waals surface area contributed by atoms with Gasteiger partial charge in [-0.3, -0.25) is 14.4 Å². The number of ketones is 1. The van der Waals surface area contributed by atoms with Crippen molar-refractivity contribution in [2.45, 2.75) is 40.4 Å². The zero-order valence-corrected chi connectivity index (χ0v) is 16.2. The Kier molecular flexibility index (Phi) is 5.91. The third-order valence-electron chi connectivity index (χ3n) is 4.53. The Balaban J connectivity index is 1.51. The molecule has 27 heavy (non-hydrogen) atoms. The van der Waals surface area contributed by atoms with Crippen LogP contribution < -0.4 is 10.6 Å². The van der Waals surface area contributed by atoms with E-state index in [2.05, 4.69) is 40.5 Å². The molecule has 0 fully saturated rings. The Labute approximate surface area is 159 Å². The van der Waals surface area contributed by atoms with E-state index in [1.165, 1.54) is 12.6 Å². The Bertz CT molecular complexity index is 810. The number of Topliss-reactive ketones (excluding diaryl/α,β-unsaturated/α-hetero) is 1. The lowest BCUT2D eigenvalue weighted by atomic mass is 10.1. The van der Waals surface area contributed by atoms with Gasteiger partial charge in [-0.1, -0.05) is 13.8 Å². The molecule has 1 aromatic heterocycles. The SMILES string of the molecule is CC(=O)c1ccc(NC(=O)NCc2cc3n(n2)CCN(CC(C)C)C3)cc1. The number of carbonyl (C=O) groups excluding carboxylic acids is 2. The summed E-state index contributed by atoms with van der Waals surface area (Å²) >= 11 is 0. The number of carbonyl (C=O) groups is 2. The van der Waals surface area contributed by atoms with Gasteiger partial charge in [0.25, 0.3) is 0 Å². The first-order valence-electron chi connectivity index (χ1n) is 9.34. The fraction of sp³-hybridized carbons (Fsp3) is 0.450. The lowest BCUT2D eigenvalue weighted by molar-refractivity contribution is 0.101. The van der Waals surface area contributed by atoms with Gasteiger partial charge in [-0.2, -0.15) is 5.10 Å². The number of amides is 2. The van der Waals surface area contributed by atoms with E-state index in [1.54, 1.807) is 24.3 Å². The summed E-state index contributed by atoms with van der Waals surface area (Å²) in [6.07, 6.45) is 0. The highest BCUT2D eigenvalue weighted by atomic mass is 16.2. The predicted molar refractivity (Wildman–Crippen MR) is 105 cm³/mol. The van der Waals surface area contributed by atoms with Gasteiger partial charge in [-0.25, -0.2) is 4.79 Å². The molecular formula is C20H27N5O2. The van der Waals surface area contributed by atoms with Crippen LogP contribution in [-0.2, 0) is 19.6 Å². The van der Waals surface area contributed by atoms with Gasteiger partial charge >= 0.3 is 6.03 Å². The molecule has 7 nitrogen and oxygen atoms in total. The summed E-state index contributed by atoms with van der Waals surface area (Å²) in [5.41, 5.74) is 3.32. The van der Waals surface area contributed by atoms with Crippen LogP contribution in [-0.4, -0.2) is 39.6 Å². The average molecular weight is 369 g/mol. The molecule has 2 aromatic rings. The van der Waals surface area contributed by atoms with E-state index in [0.29, 0.717) is 23.7 Å². The van der Waals surface area contributed by atoms with Gasteiger partial charge in [-0.15, -0.1) is 0 Å². The van der Waals surface area contributed by atoms with E-state index in [-0.39, 0.29) is 11.8 Å². The first-order chi connectivity index (χ1) is 12.9. The van der Waals surface area contributed by atoms with Gasteiger partial charge < -0.3 is 10.6 Å². The van der Waals surface area contributed by atoms with Crippen molar-refractivity contribution in [3.8, 4) is 0 Å². The molecule has 1 aromatic carbocycles. The minimum absolute atomic E-state index is 0.00158. The standard InChI is InChI=1S/C20H27N5O2/c1-14(2)12-24-8-9-25-19(13-24)10-18(23-25)11-21-20(27)22-17-6-4-16(5-7-17)15(3)26/h4-7,10,14H,8-9,11-13H2,1-3H3,(H2,21,22,27). The molecule has 2 N–H and O–H groups in total. The van der Waals surface area contributed by atoms with E-state index in [1.807, 2.05) is 4.68 Å². The third-order valence-corrected chi connectivity index (χ3v) is 4.53. The summed E-state index contributed by atoms with van der Waals surface area (Å²) in [5.74, 6) is 0.649. The molecular weight excluding hydrogens is 342 g/mol. The van der Waals surface area contributed by atoms with Crippen LogP contribution in [0.1, 0.15) is 42.5 Å². The van der Waals surface area contributed by atoms with Crippen molar-refractivity contribution < 1.29 is 9.59 Å². The number of hydrogen-bond acceptors (Lipinski definition) is 4. The van der Waals surface area contributed by atoms with Crippen LogP contribution in [0.25, 0.3) is 0 Å². The van der Waals surface area contributed by atoms with Gasteiger partial charge in [0.15, 0.2) is 5.78 Å². The zero-order valence-electron chi connectivity index (χ0n) is 16.2. The molecule has 2 heterocycles. The third kappa shape index (κ3) is 5.17. The number of fused-ring (bicyclic) bond motifs is 1. The molecule has 3 rings (SSSR count). The second-order valence-corrected chi connectivity index (χ2v) is 7.42. The molecule has 0 atom stereocenters. The fourth-order valence-electron chi connectivity index (χ4n) is 3.27. The van der Waals surface area contributed by atoms with E-state index >= 15 is 0 Å². The van der Waals surface area contributed by atoms with Crippen molar-refractivity contribution in [1.29, 1.82) is 0 Å². The van der Waals surface area contributed by atoms with Crippen LogP contribution in [0.3, 0.4) is 0 Å². The lowest BCUT2D eigenvalue weighted by Gasteiger charge is -2.28. The van der Waals surface area contributed by atoms with Crippen molar-refractivity contribution in [2.75, 3.05) is 18.4 Å². The van der Waals surface area contributed by atoms with Crippen molar-refractivity contribution in [3.63, 3.8) is 0 Å². The Morgan fingerprint density at radius 2 is 1.93 bits per heavy atom. The van der Waals surface area contributed by atoms with Gasteiger partial charge in [0.1, 0.15) is 0 Å². The van der Waals surface area contributed by atoms with Gasteiger partial charge in [-0.05, 0) is 43.2 Å². The average Bonchev–Trinajstić information content (AvgIpc) is 3.02. The van der Waals surface area contributed by atoms with Crippen LogP contribution in [0.2, 0.25) is 0 Å². The van der Waals surface area contributed by atoms with Gasteiger partial charge in [0.05, 0.1) is 24.5 Å². The molecule has 0 saturated carbocycles. The van der Waals surface area contributed by atoms with E-state index in [9.17, 15) is 9.59 Å². The zero-order chi connectivity index (χ0) is 19.4. The molecule has 0 saturated heterocycles. The molecule has 1 aliphatic heterocycles. The quantitative estimate of drug-likeness (QED) is 0.768. The van der Waals surface area contributed by atoms with Crippen LogP contribution in [0.15, 0.2) is 30.3 Å². The minimum Gasteiger partial charge on any atom is -0.332 e. The van der Waals surface area contributed by atoms with Crippen LogP contribution in [0.5, 0.6) is 0 Å². The summed E-state index contributed by atoms with van der Waals surface area (Å²) in [6, 6.07) is 8.60. The molecule has 0 radical (unpaired) electrons. The van der Waals surface area contributed by atoms with Gasteiger partial charge in [0.2, 0.25) is 0 Å². The molecule has 0 bridgehead atoms. The van der Waals surface area contributed by atoms with E-state index in [0.717, 1.165) is 31.9 Å². The fourth-order valence-corrected chi connectivity index (χ4v) is 3.27. The first-order valence-corrected chi connectivity index (χ1v) is 9.34. The highest BCUT2D eigenvalue weighted by Crippen LogP contribution is 2.15. The maximum atomic E-state index is 12.1. The monoisotopic (exact) mass is 369 g/mol. The summed E-state index contributed by atoms with van der Waals surface area (Å²) in [6.45, 7) is 10.2. The summed E-state index contributed by atoms with van der Waals surface area (Å²) in [5, 5.41) is 10.2. The van der Waals surface area contributed by atoms with Crippen molar-refractivity contribution in [2.24, 2.45) is 5.92 Å². The molecule has 144 valence electrons.